The van der Waals surface area contributed by atoms with Crippen LogP contribution in [0.1, 0.15) is 6.42 Å². The number of nitrogens with zero attached hydrogens (tertiary/aromatic N) is 2. The fraction of sp³-hybridized carbons (Fsp3) is 0.143. The van der Waals surface area contributed by atoms with E-state index in [0.717, 1.165) is 12.1 Å². The Morgan fingerprint density at radius 2 is 2.50 bits per heavy atom. The SMILES string of the molecule is Nc1nc(NC2=CCC=C2)n[nH]1. The molecule has 62 valence electrons. The van der Waals surface area contributed by atoms with Crippen molar-refractivity contribution in [1.29, 1.82) is 0 Å². The quantitative estimate of drug-likeness (QED) is 0.597. The summed E-state index contributed by atoms with van der Waals surface area (Å²) in [5.41, 5.74) is 6.35. The molecule has 0 unspecified atom stereocenters. The van der Waals surface area contributed by atoms with Crippen molar-refractivity contribution in [2.75, 3.05) is 11.1 Å². The molecule has 0 saturated heterocycles. The van der Waals surface area contributed by atoms with Gasteiger partial charge in [0.05, 0.1) is 0 Å². The number of hydrogen-bond donors (Lipinski definition) is 3. The molecule has 2 rings (SSSR count). The standard InChI is InChI=1S/C7H9N5/c8-6-10-7(12-11-6)9-5-3-1-2-4-5/h1,3-4H,2H2,(H4,8,9,10,11,12). The van der Waals surface area contributed by atoms with Crippen LogP contribution in [0.5, 0.6) is 0 Å². The zero-order chi connectivity index (χ0) is 8.39. The molecule has 1 aliphatic rings. The summed E-state index contributed by atoms with van der Waals surface area (Å²) in [4.78, 5) is 3.90. The molecule has 1 heterocycles. The van der Waals surface area contributed by atoms with Crippen molar-refractivity contribution in [3.63, 3.8) is 0 Å². The van der Waals surface area contributed by atoms with E-state index in [1.54, 1.807) is 0 Å². The number of anilines is 2. The van der Waals surface area contributed by atoms with Crippen molar-refractivity contribution >= 4 is 11.9 Å². The Morgan fingerprint density at radius 3 is 3.08 bits per heavy atom. The van der Waals surface area contributed by atoms with Crippen molar-refractivity contribution in [3.8, 4) is 0 Å². The van der Waals surface area contributed by atoms with Crippen LogP contribution >= 0.6 is 0 Å². The van der Waals surface area contributed by atoms with Gasteiger partial charge in [0.25, 0.3) is 0 Å². The minimum Gasteiger partial charge on any atom is -0.368 e. The fourth-order valence-corrected chi connectivity index (χ4v) is 1.01. The van der Waals surface area contributed by atoms with Crippen LogP contribution in [0.25, 0.3) is 0 Å². The van der Waals surface area contributed by atoms with Gasteiger partial charge in [-0.2, -0.15) is 4.98 Å². The lowest BCUT2D eigenvalue weighted by Gasteiger charge is -1.96. The molecule has 0 aliphatic heterocycles. The first-order valence-electron chi connectivity index (χ1n) is 3.66. The van der Waals surface area contributed by atoms with E-state index in [-0.39, 0.29) is 0 Å². The highest BCUT2D eigenvalue weighted by molar-refractivity contribution is 5.43. The molecule has 1 aromatic heterocycles. The number of nitrogen functional groups attached to an aromatic ring is 1. The van der Waals surface area contributed by atoms with Gasteiger partial charge in [-0.3, -0.25) is 0 Å². The lowest BCUT2D eigenvalue weighted by molar-refractivity contribution is 1.10. The van der Waals surface area contributed by atoms with Crippen LogP contribution < -0.4 is 11.1 Å². The summed E-state index contributed by atoms with van der Waals surface area (Å²) in [7, 11) is 0. The highest BCUT2D eigenvalue weighted by atomic mass is 15.3. The predicted molar refractivity (Wildman–Crippen MR) is 46.3 cm³/mol. The minimum atomic E-state index is 0.320. The molecule has 1 aliphatic carbocycles. The number of H-pyrrole nitrogens is 1. The molecule has 0 radical (unpaired) electrons. The summed E-state index contributed by atoms with van der Waals surface area (Å²) in [6.45, 7) is 0. The number of aromatic amines is 1. The first kappa shape index (κ1) is 6.90. The van der Waals surface area contributed by atoms with Crippen LogP contribution in [0, 0.1) is 0 Å². The maximum atomic E-state index is 5.35. The van der Waals surface area contributed by atoms with Crippen molar-refractivity contribution < 1.29 is 0 Å². The van der Waals surface area contributed by atoms with Gasteiger partial charge in [0.1, 0.15) is 0 Å². The lowest BCUT2D eigenvalue weighted by atomic mass is 10.4. The van der Waals surface area contributed by atoms with E-state index < -0.39 is 0 Å². The Morgan fingerprint density at radius 1 is 1.58 bits per heavy atom. The number of nitrogens with one attached hydrogen (secondary N) is 2. The summed E-state index contributed by atoms with van der Waals surface area (Å²) >= 11 is 0. The molecule has 5 heteroatoms. The van der Waals surface area contributed by atoms with Crippen LogP contribution in [-0.4, -0.2) is 15.2 Å². The largest absolute Gasteiger partial charge is 0.368 e. The molecule has 0 amide bonds. The molecule has 4 N–H and O–H groups in total. The van der Waals surface area contributed by atoms with Crippen molar-refractivity contribution in [2.45, 2.75) is 6.42 Å². The van der Waals surface area contributed by atoms with Gasteiger partial charge in [0, 0.05) is 5.70 Å². The zero-order valence-electron chi connectivity index (χ0n) is 6.41. The second-order valence-corrected chi connectivity index (χ2v) is 2.47. The molecule has 0 aromatic carbocycles. The molecular formula is C7H9N5. The zero-order valence-corrected chi connectivity index (χ0v) is 6.41. The Labute approximate surface area is 69.4 Å². The predicted octanol–water partition coefficient (Wildman–Crippen LogP) is 0.643. The Hall–Kier alpha value is -1.78. The monoisotopic (exact) mass is 163 g/mol. The Balaban J connectivity index is 2.08. The van der Waals surface area contributed by atoms with Crippen molar-refractivity contribution in [1.82, 2.24) is 15.2 Å². The molecule has 0 spiro atoms. The number of hydrogen-bond acceptors (Lipinski definition) is 4. The van der Waals surface area contributed by atoms with Gasteiger partial charge in [-0.15, -0.1) is 5.10 Å². The van der Waals surface area contributed by atoms with Gasteiger partial charge in [0.2, 0.25) is 11.9 Å². The van der Waals surface area contributed by atoms with Gasteiger partial charge >= 0.3 is 0 Å². The number of allylic oxidation sites excluding steroid dienone is 3. The number of aromatic nitrogens is 3. The van der Waals surface area contributed by atoms with Gasteiger partial charge < -0.3 is 11.1 Å². The van der Waals surface area contributed by atoms with Crippen molar-refractivity contribution in [3.05, 3.63) is 23.9 Å². The van der Waals surface area contributed by atoms with Crippen LogP contribution in [-0.2, 0) is 0 Å². The van der Waals surface area contributed by atoms with E-state index >= 15 is 0 Å². The molecule has 0 saturated carbocycles. The second-order valence-electron chi connectivity index (χ2n) is 2.47. The van der Waals surface area contributed by atoms with Crippen LogP contribution in [0.15, 0.2) is 23.9 Å². The maximum absolute atomic E-state index is 5.35. The Kier molecular flexibility index (Phi) is 1.55. The van der Waals surface area contributed by atoms with Crippen LogP contribution in [0.4, 0.5) is 11.9 Å². The van der Waals surface area contributed by atoms with Gasteiger partial charge in [-0.05, 0) is 12.5 Å². The third kappa shape index (κ3) is 1.29. The molecule has 0 bridgehead atoms. The highest BCUT2D eigenvalue weighted by Gasteiger charge is 2.01. The average molecular weight is 163 g/mol. The summed E-state index contributed by atoms with van der Waals surface area (Å²) in [5.74, 6) is 0.824. The maximum Gasteiger partial charge on any atom is 0.248 e. The smallest absolute Gasteiger partial charge is 0.248 e. The van der Waals surface area contributed by atoms with E-state index in [9.17, 15) is 0 Å². The fourth-order valence-electron chi connectivity index (χ4n) is 1.01. The lowest BCUT2D eigenvalue weighted by Crippen LogP contribution is -1.96. The van der Waals surface area contributed by atoms with E-state index in [2.05, 4.69) is 26.6 Å². The normalized spacial score (nSPS) is 14.8. The van der Waals surface area contributed by atoms with E-state index in [1.807, 2.05) is 12.2 Å². The van der Waals surface area contributed by atoms with Crippen LogP contribution in [0.3, 0.4) is 0 Å². The van der Waals surface area contributed by atoms with Gasteiger partial charge in [-0.1, -0.05) is 12.2 Å². The first-order valence-corrected chi connectivity index (χ1v) is 3.66. The third-order valence-electron chi connectivity index (χ3n) is 1.53. The second kappa shape index (κ2) is 2.69. The number of nitrogens with two attached hydrogens (primary N) is 1. The van der Waals surface area contributed by atoms with E-state index in [0.29, 0.717) is 11.9 Å². The molecule has 12 heavy (non-hydrogen) atoms. The average Bonchev–Trinajstić information content (AvgIpc) is 2.63. The topological polar surface area (TPSA) is 79.6 Å². The van der Waals surface area contributed by atoms with Crippen molar-refractivity contribution in [2.24, 2.45) is 0 Å². The molecular weight excluding hydrogens is 154 g/mol. The minimum absolute atomic E-state index is 0.320. The molecule has 0 fully saturated rings. The molecule has 0 atom stereocenters. The van der Waals surface area contributed by atoms with Crippen LogP contribution in [0.2, 0.25) is 0 Å². The highest BCUT2D eigenvalue weighted by Crippen LogP contribution is 2.10. The van der Waals surface area contributed by atoms with E-state index in [1.165, 1.54) is 0 Å². The summed E-state index contributed by atoms with van der Waals surface area (Å²) in [6, 6.07) is 0. The number of rotatable bonds is 2. The molecule has 5 nitrogen and oxygen atoms in total. The van der Waals surface area contributed by atoms with E-state index in [4.69, 9.17) is 5.73 Å². The Bertz CT molecular complexity index is 335. The summed E-state index contributed by atoms with van der Waals surface area (Å²) in [6.07, 6.45) is 7.04. The first-order chi connectivity index (χ1) is 5.84. The summed E-state index contributed by atoms with van der Waals surface area (Å²) in [5, 5.41) is 9.38. The third-order valence-corrected chi connectivity index (χ3v) is 1.53. The summed E-state index contributed by atoms with van der Waals surface area (Å²) < 4.78 is 0. The van der Waals surface area contributed by atoms with Gasteiger partial charge in [0.15, 0.2) is 0 Å². The molecule has 1 aromatic rings. The van der Waals surface area contributed by atoms with Gasteiger partial charge in [-0.25, -0.2) is 5.10 Å².